The number of rotatable bonds is 7. The first-order valence-corrected chi connectivity index (χ1v) is 11.7. The lowest BCUT2D eigenvalue weighted by Gasteiger charge is -2.14. The molecule has 2 atom stereocenters. The summed E-state index contributed by atoms with van der Waals surface area (Å²) in [4.78, 5) is 54.9. The van der Waals surface area contributed by atoms with Crippen molar-refractivity contribution in [1.82, 2.24) is 9.47 Å². The summed E-state index contributed by atoms with van der Waals surface area (Å²) in [5.74, 6) is -2.33. The number of aryl methyl sites for hydroxylation is 1. The van der Waals surface area contributed by atoms with E-state index in [2.05, 4.69) is 4.99 Å². The van der Waals surface area contributed by atoms with Crippen molar-refractivity contribution in [2.75, 3.05) is 13.2 Å². The molecule has 1 aliphatic heterocycles. The molecule has 4 rings (SSSR count). The zero-order chi connectivity index (χ0) is 23.4. The molecule has 1 saturated heterocycles. The lowest BCUT2D eigenvalue weighted by molar-refractivity contribution is -0.149. The van der Waals surface area contributed by atoms with Gasteiger partial charge in [0.2, 0.25) is 11.8 Å². The van der Waals surface area contributed by atoms with Crippen molar-refractivity contribution in [1.29, 1.82) is 0 Å². The minimum absolute atomic E-state index is 0.0314. The van der Waals surface area contributed by atoms with Gasteiger partial charge in [-0.25, -0.2) is 0 Å². The molecule has 3 amide bonds. The molecule has 1 aliphatic carbocycles. The molecule has 0 N–H and O–H groups in total. The van der Waals surface area contributed by atoms with Crippen molar-refractivity contribution < 1.29 is 23.9 Å². The third-order valence-electron chi connectivity index (χ3n) is 5.85. The predicted molar refractivity (Wildman–Crippen MR) is 121 cm³/mol. The van der Waals surface area contributed by atoms with Gasteiger partial charge in [-0.05, 0) is 25.3 Å². The van der Waals surface area contributed by atoms with Crippen molar-refractivity contribution in [2.24, 2.45) is 16.8 Å². The summed E-state index contributed by atoms with van der Waals surface area (Å²) in [7, 11) is 0. The number of ether oxygens (including phenoxy) is 1. The number of fused-ring (bicyclic) bond motifs is 1. The van der Waals surface area contributed by atoms with Gasteiger partial charge in [-0.3, -0.25) is 24.1 Å². The van der Waals surface area contributed by atoms with E-state index in [-0.39, 0.29) is 36.6 Å². The fraction of sp³-hybridized carbons (Fsp3) is 0.375. The molecule has 0 spiro atoms. The highest BCUT2D eigenvalue weighted by Crippen LogP contribution is 2.34. The Bertz CT molecular complexity index is 1140. The van der Waals surface area contributed by atoms with E-state index in [0.29, 0.717) is 24.2 Å². The molecule has 8 nitrogen and oxygen atoms in total. The Morgan fingerprint density at radius 1 is 1.09 bits per heavy atom. The van der Waals surface area contributed by atoms with Crippen LogP contribution in [0.3, 0.4) is 0 Å². The molecule has 0 bridgehead atoms. The Morgan fingerprint density at radius 3 is 2.42 bits per heavy atom. The van der Waals surface area contributed by atoms with Gasteiger partial charge in [-0.15, -0.1) is 11.3 Å². The number of imide groups is 1. The van der Waals surface area contributed by atoms with Crippen molar-refractivity contribution in [3.63, 3.8) is 0 Å². The standard InChI is InChI=1S/C24H25N3O5S/c1-16-6-8-17(9-7-16)14-26-12-13-33-24(26)25-20(28)15-32-21(29)10-11-27-22(30)18-4-2-3-5-19(18)23(27)31/h2-3,6-9,12-13,18-19H,4-5,10-11,14-15H2,1H3. The second-order valence-corrected chi connectivity index (χ2v) is 9.07. The second kappa shape index (κ2) is 10.1. The van der Waals surface area contributed by atoms with Crippen molar-refractivity contribution in [3.05, 3.63) is 63.9 Å². The van der Waals surface area contributed by atoms with Gasteiger partial charge in [0.25, 0.3) is 5.91 Å². The lowest BCUT2D eigenvalue weighted by Crippen LogP contribution is -2.33. The Balaban J connectivity index is 1.27. The second-order valence-electron chi connectivity index (χ2n) is 8.20. The van der Waals surface area contributed by atoms with E-state index < -0.39 is 18.5 Å². The Morgan fingerprint density at radius 2 is 1.76 bits per heavy atom. The Kier molecular flexibility index (Phi) is 6.98. The number of hydrogen-bond acceptors (Lipinski definition) is 6. The molecule has 9 heteroatoms. The van der Waals surface area contributed by atoms with Crippen molar-refractivity contribution >= 4 is 35.0 Å². The first-order valence-electron chi connectivity index (χ1n) is 10.9. The van der Waals surface area contributed by atoms with Gasteiger partial charge in [-0.1, -0.05) is 42.0 Å². The molecule has 2 aromatic rings. The molecule has 1 aromatic carbocycles. The Hall–Kier alpha value is -3.33. The van der Waals surface area contributed by atoms with E-state index in [9.17, 15) is 19.2 Å². The molecular weight excluding hydrogens is 442 g/mol. The zero-order valence-corrected chi connectivity index (χ0v) is 19.1. The SMILES string of the molecule is Cc1ccc(Cn2ccsc2=NC(=O)COC(=O)CCN2C(=O)C3CC=CCC3C2=O)cc1. The van der Waals surface area contributed by atoms with E-state index in [1.807, 2.05) is 59.5 Å². The van der Waals surface area contributed by atoms with Crippen LogP contribution in [0.2, 0.25) is 0 Å². The summed E-state index contributed by atoms with van der Waals surface area (Å²) < 4.78 is 6.88. The number of allylic oxidation sites excluding steroid dienone is 2. The molecule has 1 aromatic heterocycles. The molecular formula is C24H25N3O5S. The summed E-state index contributed by atoms with van der Waals surface area (Å²) in [6, 6.07) is 8.10. The van der Waals surface area contributed by atoms with Crippen molar-refractivity contribution in [2.45, 2.75) is 32.7 Å². The third kappa shape index (κ3) is 5.36. The molecule has 2 unspecified atom stereocenters. The number of esters is 1. The highest BCUT2D eigenvalue weighted by Gasteiger charge is 2.46. The van der Waals surface area contributed by atoms with E-state index in [1.165, 1.54) is 16.9 Å². The van der Waals surface area contributed by atoms with E-state index in [4.69, 9.17) is 4.74 Å². The maximum atomic E-state index is 12.4. The number of thiazole rings is 1. The summed E-state index contributed by atoms with van der Waals surface area (Å²) in [5, 5.41) is 1.84. The number of carbonyl (C=O) groups is 4. The van der Waals surface area contributed by atoms with Crippen LogP contribution in [0.15, 0.2) is 53.0 Å². The maximum Gasteiger partial charge on any atom is 0.308 e. The normalized spacial score (nSPS) is 20.3. The summed E-state index contributed by atoms with van der Waals surface area (Å²) >= 11 is 1.32. The summed E-state index contributed by atoms with van der Waals surface area (Å²) in [5.41, 5.74) is 2.26. The van der Waals surface area contributed by atoms with Crippen molar-refractivity contribution in [3.8, 4) is 0 Å². The summed E-state index contributed by atoms with van der Waals surface area (Å²) in [6.07, 6.45) is 6.64. The van der Waals surface area contributed by atoms with Gasteiger partial charge in [0.15, 0.2) is 11.4 Å². The summed E-state index contributed by atoms with van der Waals surface area (Å²) in [6.45, 7) is 2.08. The topological polar surface area (TPSA) is 98.0 Å². The molecule has 0 radical (unpaired) electrons. The zero-order valence-electron chi connectivity index (χ0n) is 18.3. The number of aromatic nitrogens is 1. The van der Waals surface area contributed by atoms with E-state index in [0.717, 1.165) is 10.5 Å². The lowest BCUT2D eigenvalue weighted by atomic mass is 9.85. The molecule has 172 valence electrons. The minimum Gasteiger partial charge on any atom is -0.455 e. The van der Waals surface area contributed by atoms with Gasteiger partial charge < -0.3 is 9.30 Å². The van der Waals surface area contributed by atoms with Crippen LogP contribution >= 0.6 is 11.3 Å². The first-order chi connectivity index (χ1) is 15.9. The van der Waals surface area contributed by atoms with Crippen LogP contribution in [0.4, 0.5) is 0 Å². The van der Waals surface area contributed by atoms with Crippen LogP contribution in [-0.2, 0) is 30.5 Å². The smallest absolute Gasteiger partial charge is 0.308 e. The maximum absolute atomic E-state index is 12.4. The molecule has 0 saturated carbocycles. The van der Waals surface area contributed by atoms with Crippen LogP contribution in [0.1, 0.15) is 30.4 Å². The number of benzene rings is 1. The number of hydrogen-bond donors (Lipinski definition) is 0. The number of likely N-dealkylation sites (tertiary alicyclic amines) is 1. The van der Waals surface area contributed by atoms with E-state index in [1.54, 1.807) is 0 Å². The van der Waals surface area contributed by atoms with Crippen LogP contribution in [0.25, 0.3) is 0 Å². The number of nitrogens with zero attached hydrogens (tertiary/aromatic N) is 3. The average Bonchev–Trinajstić information content (AvgIpc) is 3.34. The predicted octanol–water partition coefficient (Wildman–Crippen LogP) is 2.22. The number of carbonyl (C=O) groups excluding carboxylic acids is 4. The van der Waals surface area contributed by atoms with Gasteiger partial charge in [0, 0.05) is 24.7 Å². The van der Waals surface area contributed by atoms with Gasteiger partial charge in [0.05, 0.1) is 18.3 Å². The molecule has 2 aliphatic rings. The Labute approximate surface area is 195 Å². The largest absolute Gasteiger partial charge is 0.455 e. The van der Waals surface area contributed by atoms with Crippen LogP contribution in [0, 0.1) is 18.8 Å². The monoisotopic (exact) mass is 467 g/mol. The minimum atomic E-state index is -0.647. The quantitative estimate of drug-likeness (QED) is 0.353. The van der Waals surface area contributed by atoms with E-state index >= 15 is 0 Å². The molecule has 1 fully saturated rings. The fourth-order valence-corrected chi connectivity index (χ4v) is 4.79. The number of amides is 3. The highest BCUT2D eigenvalue weighted by atomic mass is 32.1. The first kappa shape index (κ1) is 22.8. The third-order valence-corrected chi connectivity index (χ3v) is 6.64. The van der Waals surface area contributed by atoms with Gasteiger partial charge in [-0.2, -0.15) is 4.99 Å². The van der Waals surface area contributed by atoms with Crippen LogP contribution < -0.4 is 4.80 Å². The van der Waals surface area contributed by atoms with Gasteiger partial charge in [0.1, 0.15) is 0 Å². The highest BCUT2D eigenvalue weighted by molar-refractivity contribution is 7.07. The van der Waals surface area contributed by atoms with Crippen LogP contribution in [0.5, 0.6) is 0 Å². The average molecular weight is 468 g/mol. The van der Waals surface area contributed by atoms with Gasteiger partial charge >= 0.3 is 5.97 Å². The molecule has 33 heavy (non-hydrogen) atoms. The van der Waals surface area contributed by atoms with Crippen LogP contribution in [-0.4, -0.2) is 46.3 Å². The fourth-order valence-electron chi connectivity index (χ4n) is 4.04. The molecule has 2 heterocycles.